The van der Waals surface area contributed by atoms with Gasteiger partial charge in [-0.15, -0.1) is 0 Å². The molecule has 17 heavy (non-hydrogen) atoms. The normalized spacial score (nSPS) is 24.4. The Morgan fingerprint density at radius 2 is 2.12 bits per heavy atom. The van der Waals surface area contributed by atoms with E-state index in [0.717, 1.165) is 25.4 Å². The Balaban J connectivity index is 1.83. The van der Waals surface area contributed by atoms with E-state index in [2.05, 4.69) is 41.3 Å². The highest BCUT2D eigenvalue weighted by Gasteiger charge is 2.28. The predicted molar refractivity (Wildman–Crippen MR) is 71.0 cm³/mol. The van der Waals surface area contributed by atoms with Gasteiger partial charge in [-0.25, -0.2) is 0 Å². The molecule has 94 valence electrons. The number of nitrogens with zero attached hydrogens (tertiary/aromatic N) is 2. The molecule has 0 radical (unpaired) electrons. The van der Waals surface area contributed by atoms with E-state index >= 15 is 0 Å². The maximum atomic E-state index is 4.05. The molecule has 0 amide bonds. The smallest absolute Gasteiger partial charge is 0.0270 e. The lowest BCUT2D eigenvalue weighted by Crippen LogP contribution is -2.38. The Hall–Kier alpha value is -0.930. The molecule has 3 heteroatoms. The van der Waals surface area contributed by atoms with Crippen LogP contribution >= 0.6 is 0 Å². The number of likely N-dealkylation sites (N-methyl/N-ethyl adjacent to an activating group) is 1. The van der Waals surface area contributed by atoms with Crippen molar-refractivity contribution >= 4 is 0 Å². The molecule has 2 rings (SSSR count). The van der Waals surface area contributed by atoms with Gasteiger partial charge in [-0.1, -0.05) is 13.3 Å². The summed E-state index contributed by atoms with van der Waals surface area (Å²) in [6, 6.07) is 4.93. The van der Waals surface area contributed by atoms with Gasteiger partial charge in [0.25, 0.3) is 0 Å². The minimum absolute atomic E-state index is 0.710. The Kier molecular flexibility index (Phi) is 4.51. The highest BCUT2D eigenvalue weighted by molar-refractivity contribution is 5.10. The average Bonchev–Trinajstić information content (AvgIpc) is 2.85. The summed E-state index contributed by atoms with van der Waals surface area (Å²) in [6.07, 6.45) is 6.14. The van der Waals surface area contributed by atoms with Crippen molar-refractivity contribution in [2.24, 2.45) is 5.92 Å². The van der Waals surface area contributed by atoms with E-state index in [4.69, 9.17) is 0 Å². The van der Waals surface area contributed by atoms with Crippen LogP contribution in [0.25, 0.3) is 0 Å². The van der Waals surface area contributed by atoms with E-state index < -0.39 is 0 Å². The van der Waals surface area contributed by atoms with E-state index in [1.807, 2.05) is 12.4 Å². The van der Waals surface area contributed by atoms with Crippen LogP contribution in [0, 0.1) is 5.92 Å². The maximum Gasteiger partial charge on any atom is 0.0270 e. The Morgan fingerprint density at radius 1 is 1.35 bits per heavy atom. The third kappa shape index (κ3) is 3.27. The third-order valence-corrected chi connectivity index (χ3v) is 3.90. The first-order chi connectivity index (χ1) is 8.31. The van der Waals surface area contributed by atoms with E-state index in [-0.39, 0.29) is 0 Å². The molecule has 2 heterocycles. The maximum absolute atomic E-state index is 4.05. The molecule has 0 aromatic carbocycles. The molecule has 1 aliphatic heterocycles. The summed E-state index contributed by atoms with van der Waals surface area (Å²) in [7, 11) is 2.25. The molecule has 1 aromatic rings. The van der Waals surface area contributed by atoms with Gasteiger partial charge < -0.3 is 10.2 Å². The molecule has 0 bridgehead atoms. The molecule has 1 saturated heterocycles. The second-order valence-corrected chi connectivity index (χ2v) is 4.98. The zero-order valence-electron chi connectivity index (χ0n) is 10.9. The van der Waals surface area contributed by atoms with Crippen LogP contribution in [0.15, 0.2) is 24.5 Å². The summed E-state index contributed by atoms with van der Waals surface area (Å²) >= 11 is 0. The lowest BCUT2D eigenvalue weighted by molar-refractivity contribution is 0.211. The van der Waals surface area contributed by atoms with Gasteiger partial charge in [0.1, 0.15) is 0 Å². The van der Waals surface area contributed by atoms with Crippen molar-refractivity contribution in [2.45, 2.75) is 25.8 Å². The Labute approximate surface area is 104 Å². The molecule has 2 unspecified atom stereocenters. The zero-order valence-corrected chi connectivity index (χ0v) is 10.9. The van der Waals surface area contributed by atoms with Crippen LogP contribution < -0.4 is 5.32 Å². The van der Waals surface area contributed by atoms with Crippen LogP contribution in [0.5, 0.6) is 0 Å². The summed E-state index contributed by atoms with van der Waals surface area (Å²) < 4.78 is 0. The molecule has 1 aromatic heterocycles. The fraction of sp³-hybridized carbons (Fsp3) is 0.643. The van der Waals surface area contributed by atoms with Gasteiger partial charge in [0.05, 0.1) is 0 Å². The number of pyridine rings is 1. The predicted octanol–water partition coefficient (Wildman–Crippen LogP) is 1.55. The van der Waals surface area contributed by atoms with Crippen LogP contribution in [0.1, 0.15) is 18.9 Å². The SMILES string of the molecule is CCC1CNCC1N(C)CCc1ccncc1. The standard InChI is InChI=1S/C14H23N3/c1-3-13-10-16-11-14(13)17(2)9-6-12-4-7-15-8-5-12/h4-5,7-8,13-14,16H,3,6,9-11H2,1-2H3. The fourth-order valence-corrected chi connectivity index (χ4v) is 2.67. The molecular formula is C14H23N3. The monoisotopic (exact) mass is 233 g/mol. The van der Waals surface area contributed by atoms with Crippen LogP contribution in [-0.4, -0.2) is 42.6 Å². The Bertz CT molecular complexity index is 325. The van der Waals surface area contributed by atoms with Gasteiger partial charge in [0, 0.05) is 31.5 Å². The number of rotatable bonds is 5. The Morgan fingerprint density at radius 3 is 2.82 bits per heavy atom. The molecule has 0 spiro atoms. The first-order valence-corrected chi connectivity index (χ1v) is 6.61. The lowest BCUT2D eigenvalue weighted by Gasteiger charge is -2.28. The second kappa shape index (κ2) is 6.12. The summed E-state index contributed by atoms with van der Waals surface area (Å²) in [6.45, 7) is 5.75. The van der Waals surface area contributed by atoms with Crippen LogP contribution in [-0.2, 0) is 6.42 Å². The average molecular weight is 233 g/mol. The molecule has 1 N–H and O–H groups in total. The second-order valence-electron chi connectivity index (χ2n) is 4.98. The topological polar surface area (TPSA) is 28.2 Å². The van der Waals surface area contributed by atoms with Crippen molar-refractivity contribution in [1.82, 2.24) is 15.2 Å². The minimum atomic E-state index is 0.710. The lowest BCUT2D eigenvalue weighted by atomic mass is 9.99. The highest BCUT2D eigenvalue weighted by Crippen LogP contribution is 2.18. The van der Waals surface area contributed by atoms with E-state index in [9.17, 15) is 0 Å². The first-order valence-electron chi connectivity index (χ1n) is 6.61. The zero-order chi connectivity index (χ0) is 12.1. The van der Waals surface area contributed by atoms with E-state index in [1.165, 1.54) is 18.5 Å². The third-order valence-electron chi connectivity index (χ3n) is 3.90. The largest absolute Gasteiger partial charge is 0.315 e. The summed E-state index contributed by atoms with van der Waals surface area (Å²) in [5.41, 5.74) is 1.38. The van der Waals surface area contributed by atoms with Crippen LogP contribution in [0.4, 0.5) is 0 Å². The van der Waals surface area contributed by atoms with Crippen molar-refractivity contribution in [3.8, 4) is 0 Å². The molecule has 3 nitrogen and oxygen atoms in total. The van der Waals surface area contributed by atoms with Gasteiger partial charge in [-0.05, 0) is 43.6 Å². The first kappa shape index (κ1) is 12.5. The van der Waals surface area contributed by atoms with Crippen molar-refractivity contribution in [3.05, 3.63) is 30.1 Å². The van der Waals surface area contributed by atoms with Crippen molar-refractivity contribution in [3.63, 3.8) is 0 Å². The molecule has 0 saturated carbocycles. The molecule has 1 fully saturated rings. The van der Waals surface area contributed by atoms with Crippen LogP contribution in [0.2, 0.25) is 0 Å². The van der Waals surface area contributed by atoms with E-state index in [0.29, 0.717) is 6.04 Å². The van der Waals surface area contributed by atoms with Crippen molar-refractivity contribution in [2.75, 3.05) is 26.7 Å². The van der Waals surface area contributed by atoms with Crippen molar-refractivity contribution < 1.29 is 0 Å². The van der Waals surface area contributed by atoms with Gasteiger partial charge >= 0.3 is 0 Å². The number of hydrogen-bond donors (Lipinski definition) is 1. The van der Waals surface area contributed by atoms with Gasteiger partial charge in [-0.3, -0.25) is 4.98 Å². The van der Waals surface area contributed by atoms with Gasteiger partial charge in [0.2, 0.25) is 0 Å². The quantitative estimate of drug-likeness (QED) is 0.836. The fourth-order valence-electron chi connectivity index (χ4n) is 2.67. The number of aromatic nitrogens is 1. The molecular weight excluding hydrogens is 210 g/mol. The van der Waals surface area contributed by atoms with Crippen molar-refractivity contribution in [1.29, 1.82) is 0 Å². The summed E-state index contributed by atoms with van der Waals surface area (Å²) in [5.74, 6) is 0.817. The minimum Gasteiger partial charge on any atom is -0.315 e. The van der Waals surface area contributed by atoms with E-state index in [1.54, 1.807) is 0 Å². The number of nitrogens with one attached hydrogen (secondary N) is 1. The van der Waals surface area contributed by atoms with Gasteiger partial charge in [0.15, 0.2) is 0 Å². The number of hydrogen-bond acceptors (Lipinski definition) is 3. The highest BCUT2D eigenvalue weighted by atomic mass is 15.2. The summed E-state index contributed by atoms with van der Waals surface area (Å²) in [5, 5.41) is 3.50. The van der Waals surface area contributed by atoms with Gasteiger partial charge in [-0.2, -0.15) is 0 Å². The van der Waals surface area contributed by atoms with Crippen LogP contribution in [0.3, 0.4) is 0 Å². The summed E-state index contributed by atoms with van der Waals surface area (Å²) in [4.78, 5) is 6.56. The molecule has 2 atom stereocenters. The molecule has 1 aliphatic rings. The molecule has 0 aliphatic carbocycles.